The largest absolute Gasteiger partial charge is 0.468 e. The van der Waals surface area contributed by atoms with Crippen LogP contribution in [0.4, 0.5) is 0 Å². The molecular weight excluding hydrogens is 292 g/mol. The number of nitrogens with zero attached hydrogens (tertiary/aromatic N) is 2. The quantitative estimate of drug-likeness (QED) is 0.859. The van der Waals surface area contributed by atoms with E-state index in [4.69, 9.17) is 9.15 Å². The van der Waals surface area contributed by atoms with Crippen LogP contribution in [0.5, 0.6) is 0 Å². The number of carbonyl (C=O) groups excluding carboxylic acids is 1. The van der Waals surface area contributed by atoms with Crippen molar-refractivity contribution in [1.82, 2.24) is 9.80 Å². The average molecular weight is 320 g/mol. The van der Waals surface area contributed by atoms with Crippen LogP contribution in [0.15, 0.2) is 22.8 Å². The number of carbonyl (C=O) groups is 1. The van der Waals surface area contributed by atoms with Gasteiger partial charge in [0.25, 0.3) is 0 Å². The maximum absolute atomic E-state index is 12.8. The third kappa shape index (κ3) is 4.15. The molecule has 3 rings (SSSR count). The number of ether oxygens (including phenoxy) is 1. The molecule has 3 atom stereocenters. The number of furan rings is 1. The fourth-order valence-electron chi connectivity index (χ4n) is 3.82. The SMILES string of the molecule is C[C@@H]1CN(C(=O)CN2CCCCC[C@@H]2c2ccco2)C[C@@H](C)O1. The van der Waals surface area contributed by atoms with Crippen molar-refractivity contribution in [2.45, 2.75) is 57.8 Å². The first-order valence-electron chi connectivity index (χ1n) is 8.84. The Bertz CT molecular complexity index is 492. The Hall–Kier alpha value is -1.33. The van der Waals surface area contributed by atoms with E-state index in [2.05, 4.69) is 4.90 Å². The summed E-state index contributed by atoms with van der Waals surface area (Å²) in [6.07, 6.45) is 6.61. The van der Waals surface area contributed by atoms with Gasteiger partial charge in [-0.05, 0) is 45.4 Å². The standard InChI is InChI=1S/C18H28N2O3/c1-14-11-20(12-15(2)23-14)18(21)13-19-9-5-3-4-7-16(19)17-8-6-10-22-17/h6,8,10,14-16H,3-5,7,9,11-13H2,1-2H3/t14-,15-,16-/m1/s1. The molecule has 2 fully saturated rings. The van der Waals surface area contributed by atoms with Crippen molar-refractivity contribution >= 4 is 5.91 Å². The van der Waals surface area contributed by atoms with Crippen LogP contribution in [0.2, 0.25) is 0 Å². The number of likely N-dealkylation sites (tertiary alicyclic amines) is 1. The highest BCUT2D eigenvalue weighted by Crippen LogP contribution is 2.30. The van der Waals surface area contributed by atoms with Crippen LogP contribution in [0.25, 0.3) is 0 Å². The number of hydrogen-bond donors (Lipinski definition) is 0. The van der Waals surface area contributed by atoms with E-state index >= 15 is 0 Å². The molecule has 0 radical (unpaired) electrons. The van der Waals surface area contributed by atoms with Crippen molar-refractivity contribution in [2.24, 2.45) is 0 Å². The highest BCUT2D eigenvalue weighted by molar-refractivity contribution is 5.78. The van der Waals surface area contributed by atoms with Crippen LogP contribution in [0.3, 0.4) is 0 Å². The highest BCUT2D eigenvalue weighted by Gasteiger charge is 2.30. The number of rotatable bonds is 3. The summed E-state index contributed by atoms with van der Waals surface area (Å²) in [5, 5.41) is 0. The molecule has 5 heteroatoms. The van der Waals surface area contributed by atoms with E-state index in [9.17, 15) is 4.79 Å². The zero-order chi connectivity index (χ0) is 16.2. The molecule has 2 aliphatic heterocycles. The zero-order valence-corrected chi connectivity index (χ0v) is 14.2. The molecular formula is C18H28N2O3. The minimum atomic E-state index is 0.118. The normalized spacial score (nSPS) is 30.2. The summed E-state index contributed by atoms with van der Waals surface area (Å²) in [7, 11) is 0. The highest BCUT2D eigenvalue weighted by atomic mass is 16.5. The van der Waals surface area contributed by atoms with Crippen LogP contribution in [0, 0.1) is 0 Å². The van der Waals surface area contributed by atoms with E-state index in [1.54, 1.807) is 6.26 Å². The van der Waals surface area contributed by atoms with E-state index < -0.39 is 0 Å². The van der Waals surface area contributed by atoms with Gasteiger partial charge in [0.1, 0.15) is 5.76 Å². The van der Waals surface area contributed by atoms with E-state index in [-0.39, 0.29) is 24.2 Å². The first-order valence-corrected chi connectivity index (χ1v) is 8.84. The Balaban J connectivity index is 1.67. The lowest BCUT2D eigenvalue weighted by molar-refractivity contribution is -0.145. The Morgan fingerprint density at radius 2 is 2.00 bits per heavy atom. The minimum Gasteiger partial charge on any atom is -0.468 e. The monoisotopic (exact) mass is 320 g/mol. The Labute approximate surface area is 138 Å². The van der Waals surface area contributed by atoms with Crippen LogP contribution in [0.1, 0.15) is 51.3 Å². The molecule has 23 heavy (non-hydrogen) atoms. The third-order valence-electron chi connectivity index (χ3n) is 4.85. The predicted octanol–water partition coefficient (Wildman–Crippen LogP) is 2.83. The summed E-state index contributed by atoms with van der Waals surface area (Å²) >= 11 is 0. The molecule has 0 bridgehead atoms. The van der Waals surface area contributed by atoms with E-state index in [1.807, 2.05) is 30.9 Å². The molecule has 0 aliphatic carbocycles. The zero-order valence-electron chi connectivity index (χ0n) is 14.2. The average Bonchev–Trinajstić information content (AvgIpc) is 2.94. The van der Waals surface area contributed by atoms with Gasteiger partial charge in [0.15, 0.2) is 0 Å². The second-order valence-electron chi connectivity index (χ2n) is 6.91. The van der Waals surface area contributed by atoms with Crippen molar-refractivity contribution in [2.75, 3.05) is 26.2 Å². The van der Waals surface area contributed by atoms with Gasteiger partial charge >= 0.3 is 0 Å². The third-order valence-corrected chi connectivity index (χ3v) is 4.85. The maximum Gasteiger partial charge on any atom is 0.236 e. The lowest BCUT2D eigenvalue weighted by Crippen LogP contribution is -2.51. The first-order chi connectivity index (χ1) is 11.1. The second kappa shape index (κ2) is 7.49. The Morgan fingerprint density at radius 3 is 2.70 bits per heavy atom. The van der Waals surface area contributed by atoms with Crippen molar-refractivity contribution in [3.63, 3.8) is 0 Å². The number of hydrogen-bond acceptors (Lipinski definition) is 4. The molecule has 1 aromatic rings. The van der Waals surface area contributed by atoms with Gasteiger partial charge in [0.2, 0.25) is 5.91 Å². The maximum atomic E-state index is 12.8. The molecule has 1 amide bonds. The topological polar surface area (TPSA) is 45.9 Å². The summed E-state index contributed by atoms with van der Waals surface area (Å²) in [5.74, 6) is 1.20. The number of amides is 1. The fraction of sp³-hybridized carbons (Fsp3) is 0.722. The van der Waals surface area contributed by atoms with E-state index in [0.717, 1.165) is 25.1 Å². The van der Waals surface area contributed by atoms with Crippen molar-refractivity contribution in [3.05, 3.63) is 24.2 Å². The molecule has 2 saturated heterocycles. The van der Waals surface area contributed by atoms with Gasteiger partial charge in [-0.2, -0.15) is 0 Å². The molecule has 2 aliphatic rings. The molecule has 128 valence electrons. The minimum absolute atomic E-state index is 0.118. The van der Waals surface area contributed by atoms with Crippen molar-refractivity contribution in [3.8, 4) is 0 Å². The van der Waals surface area contributed by atoms with Gasteiger partial charge in [0.05, 0.1) is 31.1 Å². The summed E-state index contributed by atoms with van der Waals surface area (Å²) in [6, 6.07) is 4.20. The molecule has 0 saturated carbocycles. The van der Waals surface area contributed by atoms with Gasteiger partial charge < -0.3 is 14.1 Å². The Morgan fingerprint density at radius 1 is 1.22 bits per heavy atom. The Kier molecular flexibility index (Phi) is 5.38. The van der Waals surface area contributed by atoms with Gasteiger partial charge in [-0.15, -0.1) is 0 Å². The summed E-state index contributed by atoms with van der Waals surface area (Å²) < 4.78 is 11.4. The molecule has 5 nitrogen and oxygen atoms in total. The lowest BCUT2D eigenvalue weighted by Gasteiger charge is -2.37. The molecule has 1 aromatic heterocycles. The molecule has 3 heterocycles. The van der Waals surface area contributed by atoms with Crippen LogP contribution in [-0.2, 0) is 9.53 Å². The van der Waals surface area contributed by atoms with E-state index in [1.165, 1.54) is 12.8 Å². The number of morpholine rings is 1. The first kappa shape index (κ1) is 16.5. The summed E-state index contributed by atoms with van der Waals surface area (Å²) in [4.78, 5) is 17.0. The van der Waals surface area contributed by atoms with Crippen molar-refractivity contribution < 1.29 is 13.9 Å². The van der Waals surface area contributed by atoms with Crippen LogP contribution < -0.4 is 0 Å². The van der Waals surface area contributed by atoms with Crippen LogP contribution >= 0.6 is 0 Å². The fourth-order valence-corrected chi connectivity index (χ4v) is 3.82. The summed E-state index contributed by atoms with van der Waals surface area (Å²) in [6.45, 7) is 6.91. The van der Waals surface area contributed by atoms with Gasteiger partial charge in [-0.1, -0.05) is 12.8 Å². The summed E-state index contributed by atoms with van der Waals surface area (Å²) in [5.41, 5.74) is 0. The lowest BCUT2D eigenvalue weighted by atomic mass is 10.1. The van der Waals surface area contributed by atoms with Gasteiger partial charge in [-0.3, -0.25) is 9.69 Å². The molecule has 0 unspecified atom stereocenters. The molecule has 0 aromatic carbocycles. The van der Waals surface area contributed by atoms with Crippen molar-refractivity contribution in [1.29, 1.82) is 0 Å². The van der Waals surface area contributed by atoms with Gasteiger partial charge in [0, 0.05) is 13.1 Å². The molecule has 0 spiro atoms. The van der Waals surface area contributed by atoms with Gasteiger partial charge in [-0.25, -0.2) is 0 Å². The molecule has 0 N–H and O–H groups in total. The van der Waals surface area contributed by atoms with Crippen LogP contribution in [-0.4, -0.2) is 54.1 Å². The second-order valence-corrected chi connectivity index (χ2v) is 6.91. The smallest absolute Gasteiger partial charge is 0.236 e. The predicted molar refractivity (Wildman–Crippen MR) is 88.1 cm³/mol. The van der Waals surface area contributed by atoms with E-state index in [0.29, 0.717) is 19.6 Å².